The van der Waals surface area contributed by atoms with Gasteiger partial charge in [-0.05, 0) is 45.4 Å². The predicted molar refractivity (Wildman–Crippen MR) is 81.4 cm³/mol. The minimum atomic E-state index is -0.526. The Morgan fingerprint density at radius 3 is 2.52 bits per heavy atom. The molecule has 0 aliphatic rings. The summed E-state index contributed by atoms with van der Waals surface area (Å²) in [4.78, 5) is 22.6. The molecule has 0 aliphatic heterocycles. The number of benzene rings is 1. The van der Waals surface area contributed by atoms with Gasteiger partial charge in [0.15, 0.2) is 5.78 Å². The van der Waals surface area contributed by atoms with Crippen LogP contribution in [0.4, 0.5) is 4.79 Å². The second-order valence-corrected chi connectivity index (χ2v) is 5.62. The Morgan fingerprint density at radius 2 is 2.00 bits per heavy atom. The Kier molecular flexibility index (Phi) is 5.52. The van der Waals surface area contributed by atoms with Crippen molar-refractivity contribution >= 4 is 18.0 Å². The van der Waals surface area contributed by atoms with Gasteiger partial charge in [-0.25, -0.2) is 4.79 Å². The number of hydrogen-bond donors (Lipinski definition) is 2. The predicted octanol–water partition coefficient (Wildman–Crippen LogP) is 3.13. The third kappa shape index (κ3) is 6.12. The fraction of sp³-hybridized carbons (Fsp3) is 0.375. The smallest absolute Gasteiger partial charge is 0.407 e. The average Bonchev–Trinajstić information content (AvgIpc) is 2.32. The van der Waals surface area contributed by atoms with Gasteiger partial charge in [-0.3, -0.25) is 4.79 Å². The van der Waals surface area contributed by atoms with Gasteiger partial charge in [-0.2, -0.15) is 0 Å². The van der Waals surface area contributed by atoms with Crippen LogP contribution in [0.5, 0.6) is 5.75 Å². The van der Waals surface area contributed by atoms with E-state index in [1.54, 1.807) is 45.1 Å². The van der Waals surface area contributed by atoms with Gasteiger partial charge in [0.25, 0.3) is 0 Å². The molecule has 0 heterocycles. The topological polar surface area (TPSA) is 75.6 Å². The highest BCUT2D eigenvalue weighted by Crippen LogP contribution is 2.19. The fourth-order valence-electron chi connectivity index (χ4n) is 1.60. The summed E-state index contributed by atoms with van der Waals surface area (Å²) in [6.45, 7) is 7.09. The molecule has 0 unspecified atom stereocenters. The van der Waals surface area contributed by atoms with Crippen LogP contribution < -0.4 is 5.32 Å². The van der Waals surface area contributed by atoms with E-state index in [0.29, 0.717) is 12.1 Å². The number of ether oxygens (including phenoxy) is 1. The van der Waals surface area contributed by atoms with Gasteiger partial charge in [-0.15, -0.1) is 0 Å². The zero-order valence-electron chi connectivity index (χ0n) is 12.8. The maximum absolute atomic E-state index is 11.4. The Bertz CT molecular complexity index is 556. The highest BCUT2D eigenvalue weighted by molar-refractivity contribution is 5.96. The summed E-state index contributed by atoms with van der Waals surface area (Å²) in [5.74, 6) is -0.237. The van der Waals surface area contributed by atoms with Crippen molar-refractivity contribution in [1.82, 2.24) is 5.32 Å². The van der Waals surface area contributed by atoms with Gasteiger partial charge in [0.2, 0.25) is 0 Å². The maximum Gasteiger partial charge on any atom is 0.407 e. The standard InChI is InChI=1S/C16H21NO4/c1-11(18)13-8-7-12(10-14(13)19)6-5-9-17-15(20)21-16(2,3)4/h5-8,10,19H,9H2,1-4H3,(H,17,20). The quantitative estimate of drug-likeness (QED) is 0.836. The third-order valence-corrected chi connectivity index (χ3v) is 2.47. The molecular formula is C16H21NO4. The summed E-state index contributed by atoms with van der Waals surface area (Å²) in [6.07, 6.45) is 2.98. The summed E-state index contributed by atoms with van der Waals surface area (Å²) in [5, 5.41) is 12.3. The van der Waals surface area contributed by atoms with Crippen LogP contribution in [0.15, 0.2) is 24.3 Å². The number of hydrogen-bond acceptors (Lipinski definition) is 4. The molecule has 0 atom stereocenters. The van der Waals surface area contributed by atoms with E-state index in [2.05, 4.69) is 5.32 Å². The number of alkyl carbamates (subject to hydrolysis) is 1. The van der Waals surface area contributed by atoms with E-state index >= 15 is 0 Å². The summed E-state index contributed by atoms with van der Waals surface area (Å²) < 4.78 is 5.09. The zero-order chi connectivity index (χ0) is 16.0. The first-order chi connectivity index (χ1) is 9.69. The van der Waals surface area contributed by atoms with Crippen LogP contribution in [-0.4, -0.2) is 29.1 Å². The van der Waals surface area contributed by atoms with Crippen molar-refractivity contribution in [2.24, 2.45) is 0 Å². The Balaban J connectivity index is 2.53. The molecule has 5 nitrogen and oxygen atoms in total. The molecule has 5 heteroatoms. The Hall–Kier alpha value is -2.30. The number of phenolic OH excluding ortho intramolecular Hbond substituents is 1. The molecule has 0 saturated carbocycles. The van der Waals surface area contributed by atoms with E-state index < -0.39 is 11.7 Å². The van der Waals surface area contributed by atoms with Crippen molar-refractivity contribution in [2.75, 3.05) is 6.54 Å². The number of phenols is 1. The summed E-state index contributed by atoms with van der Waals surface area (Å²) in [6, 6.07) is 4.79. The van der Waals surface area contributed by atoms with Crippen LogP contribution in [0.3, 0.4) is 0 Å². The third-order valence-electron chi connectivity index (χ3n) is 2.47. The average molecular weight is 291 g/mol. The summed E-state index contributed by atoms with van der Waals surface area (Å²) in [7, 11) is 0. The van der Waals surface area contributed by atoms with E-state index in [9.17, 15) is 14.7 Å². The molecule has 0 aliphatic carbocycles. The van der Waals surface area contributed by atoms with E-state index in [-0.39, 0.29) is 11.5 Å². The van der Waals surface area contributed by atoms with Gasteiger partial charge in [-0.1, -0.05) is 18.2 Å². The number of Topliss-reactive ketones (excluding diaryl/α,β-unsaturated/α-hetero) is 1. The molecule has 1 rings (SSSR count). The van der Waals surface area contributed by atoms with Crippen molar-refractivity contribution < 1.29 is 19.4 Å². The molecule has 0 bridgehead atoms. The van der Waals surface area contributed by atoms with Crippen LogP contribution in [0.1, 0.15) is 43.6 Å². The second-order valence-electron chi connectivity index (χ2n) is 5.62. The van der Waals surface area contributed by atoms with Crippen LogP contribution in [0, 0.1) is 0 Å². The van der Waals surface area contributed by atoms with Crippen LogP contribution in [0.25, 0.3) is 6.08 Å². The lowest BCUT2D eigenvalue weighted by atomic mass is 10.1. The Morgan fingerprint density at radius 1 is 1.33 bits per heavy atom. The SMILES string of the molecule is CC(=O)c1ccc(C=CCNC(=O)OC(C)(C)C)cc1O. The molecule has 0 spiro atoms. The molecule has 0 saturated heterocycles. The highest BCUT2D eigenvalue weighted by Gasteiger charge is 2.14. The number of carbonyl (C=O) groups excluding carboxylic acids is 2. The summed E-state index contributed by atoms with van der Waals surface area (Å²) >= 11 is 0. The van der Waals surface area contributed by atoms with E-state index in [4.69, 9.17) is 4.74 Å². The maximum atomic E-state index is 11.4. The summed E-state index contributed by atoms with van der Waals surface area (Å²) in [5.41, 5.74) is 0.504. The van der Waals surface area contributed by atoms with Crippen molar-refractivity contribution in [2.45, 2.75) is 33.3 Å². The lowest BCUT2D eigenvalue weighted by molar-refractivity contribution is 0.0534. The minimum Gasteiger partial charge on any atom is -0.507 e. The largest absolute Gasteiger partial charge is 0.507 e. The van der Waals surface area contributed by atoms with E-state index in [1.165, 1.54) is 13.0 Å². The molecule has 21 heavy (non-hydrogen) atoms. The van der Waals surface area contributed by atoms with Crippen molar-refractivity contribution in [3.63, 3.8) is 0 Å². The molecule has 1 aromatic rings. The van der Waals surface area contributed by atoms with Crippen molar-refractivity contribution in [3.05, 3.63) is 35.4 Å². The van der Waals surface area contributed by atoms with E-state index in [0.717, 1.165) is 5.56 Å². The van der Waals surface area contributed by atoms with Gasteiger partial charge in [0, 0.05) is 6.54 Å². The number of ketones is 1. The van der Waals surface area contributed by atoms with Gasteiger partial charge >= 0.3 is 6.09 Å². The monoisotopic (exact) mass is 291 g/mol. The lowest BCUT2D eigenvalue weighted by Crippen LogP contribution is -2.32. The lowest BCUT2D eigenvalue weighted by Gasteiger charge is -2.19. The molecular weight excluding hydrogens is 270 g/mol. The fourth-order valence-corrected chi connectivity index (χ4v) is 1.60. The molecule has 0 fully saturated rings. The minimum absolute atomic E-state index is 0.0512. The molecule has 1 amide bonds. The van der Waals surface area contributed by atoms with Crippen LogP contribution >= 0.6 is 0 Å². The number of rotatable bonds is 4. The van der Waals surface area contributed by atoms with Gasteiger partial charge in [0.1, 0.15) is 11.4 Å². The zero-order valence-corrected chi connectivity index (χ0v) is 12.8. The van der Waals surface area contributed by atoms with Crippen molar-refractivity contribution in [3.8, 4) is 5.75 Å². The first kappa shape index (κ1) is 16.8. The van der Waals surface area contributed by atoms with Gasteiger partial charge < -0.3 is 15.2 Å². The Labute approximate surface area is 124 Å². The molecule has 2 N–H and O–H groups in total. The molecule has 0 aromatic heterocycles. The molecule has 0 radical (unpaired) electrons. The second kappa shape index (κ2) is 6.92. The number of aromatic hydroxyl groups is 1. The highest BCUT2D eigenvalue weighted by atomic mass is 16.6. The normalized spacial score (nSPS) is 11.4. The number of amides is 1. The molecule has 114 valence electrons. The first-order valence-corrected chi connectivity index (χ1v) is 6.66. The van der Waals surface area contributed by atoms with Gasteiger partial charge in [0.05, 0.1) is 5.56 Å². The number of nitrogens with one attached hydrogen (secondary N) is 1. The van der Waals surface area contributed by atoms with Crippen LogP contribution in [-0.2, 0) is 4.74 Å². The van der Waals surface area contributed by atoms with Crippen molar-refractivity contribution in [1.29, 1.82) is 0 Å². The van der Waals surface area contributed by atoms with E-state index in [1.807, 2.05) is 0 Å². The first-order valence-electron chi connectivity index (χ1n) is 6.66. The molecule has 1 aromatic carbocycles. The number of carbonyl (C=O) groups is 2. The van der Waals surface area contributed by atoms with Crippen LogP contribution in [0.2, 0.25) is 0 Å².